The lowest BCUT2D eigenvalue weighted by molar-refractivity contribution is -0.0285. The van der Waals surface area contributed by atoms with Crippen molar-refractivity contribution in [3.63, 3.8) is 0 Å². The van der Waals surface area contributed by atoms with E-state index in [1.807, 2.05) is 24.3 Å². The molecule has 0 bridgehead atoms. The molecule has 0 saturated heterocycles. The Labute approximate surface area is 180 Å². The van der Waals surface area contributed by atoms with Gasteiger partial charge in [-0.3, -0.25) is 0 Å². The molecule has 150 valence electrons. The van der Waals surface area contributed by atoms with Crippen molar-refractivity contribution < 1.29 is 4.74 Å². The lowest BCUT2D eigenvalue weighted by atomic mass is 9.79. The maximum atomic E-state index is 7.01. The molecule has 3 aromatic carbocycles. The van der Waals surface area contributed by atoms with E-state index in [9.17, 15) is 0 Å². The Morgan fingerprint density at radius 1 is 0.759 bits per heavy atom. The summed E-state index contributed by atoms with van der Waals surface area (Å²) in [6, 6.07) is 31.4. The van der Waals surface area contributed by atoms with E-state index >= 15 is 0 Å². The predicted octanol–water partition coefficient (Wildman–Crippen LogP) is 7.70. The van der Waals surface area contributed by atoms with Gasteiger partial charge in [0.05, 0.1) is 6.10 Å². The zero-order chi connectivity index (χ0) is 20.4. The van der Waals surface area contributed by atoms with Crippen molar-refractivity contribution in [3.8, 4) is 0 Å². The molecule has 0 aliphatic rings. The smallest absolute Gasteiger partial charge is 0.144 e. The Hall–Kier alpha value is -2.35. The fraction of sp³-hybridized carbons (Fsp3) is 0.259. The number of halogens is 1. The van der Waals surface area contributed by atoms with Crippen molar-refractivity contribution in [1.29, 1.82) is 0 Å². The van der Waals surface area contributed by atoms with E-state index in [4.69, 9.17) is 16.3 Å². The largest absolute Gasteiger partial charge is 0.354 e. The van der Waals surface area contributed by atoms with E-state index in [0.717, 1.165) is 29.5 Å². The van der Waals surface area contributed by atoms with Gasteiger partial charge >= 0.3 is 0 Å². The summed E-state index contributed by atoms with van der Waals surface area (Å²) in [5.74, 6) is 0. The number of hydrogen-bond donors (Lipinski definition) is 0. The Morgan fingerprint density at radius 2 is 1.21 bits per heavy atom. The summed E-state index contributed by atoms with van der Waals surface area (Å²) in [7, 11) is 0. The van der Waals surface area contributed by atoms with Crippen molar-refractivity contribution in [3.05, 3.63) is 119 Å². The third-order valence-corrected chi connectivity index (χ3v) is 5.39. The number of benzene rings is 3. The third-order valence-electron chi connectivity index (χ3n) is 5.25. The minimum Gasteiger partial charge on any atom is -0.354 e. The minimum absolute atomic E-state index is 0.0836. The van der Waals surface area contributed by atoms with Crippen molar-refractivity contribution in [2.24, 2.45) is 0 Å². The Morgan fingerprint density at radius 3 is 1.59 bits per heavy atom. The molecule has 3 rings (SSSR count). The predicted molar refractivity (Wildman–Crippen MR) is 123 cm³/mol. The first-order valence-corrected chi connectivity index (χ1v) is 10.9. The molecule has 0 amide bonds. The summed E-state index contributed by atoms with van der Waals surface area (Å²) in [6.45, 7) is 2.22. The number of hydrogen-bond acceptors (Lipinski definition) is 1. The van der Waals surface area contributed by atoms with Gasteiger partial charge in [-0.2, -0.15) is 0 Å². The molecule has 0 spiro atoms. The molecule has 29 heavy (non-hydrogen) atoms. The number of unbranched alkanes of at least 4 members (excludes halogenated alkanes) is 2. The first-order chi connectivity index (χ1) is 14.3. The van der Waals surface area contributed by atoms with Crippen LogP contribution in [-0.4, -0.2) is 6.10 Å². The summed E-state index contributed by atoms with van der Waals surface area (Å²) in [5, 5.41) is 0. The van der Waals surface area contributed by atoms with Crippen LogP contribution in [0.4, 0.5) is 0 Å². The molecule has 0 aliphatic heterocycles. The van der Waals surface area contributed by atoms with Crippen LogP contribution >= 0.6 is 11.6 Å². The maximum absolute atomic E-state index is 7.01. The van der Waals surface area contributed by atoms with Gasteiger partial charge in [-0.1, -0.05) is 129 Å². The summed E-state index contributed by atoms with van der Waals surface area (Å²) in [6.07, 6.45) is 6.30. The molecule has 0 radical (unpaired) electrons. The van der Waals surface area contributed by atoms with Crippen molar-refractivity contribution in [2.45, 2.75) is 44.3 Å². The van der Waals surface area contributed by atoms with Crippen LogP contribution < -0.4 is 0 Å². The molecule has 1 atom stereocenters. The van der Waals surface area contributed by atoms with E-state index in [2.05, 4.69) is 79.7 Å². The zero-order valence-corrected chi connectivity index (χ0v) is 17.8. The van der Waals surface area contributed by atoms with E-state index in [1.165, 1.54) is 12.8 Å². The Kier molecular flexibility index (Phi) is 8.10. The highest BCUT2D eigenvalue weighted by Gasteiger charge is 2.39. The quantitative estimate of drug-likeness (QED) is 0.248. The van der Waals surface area contributed by atoms with E-state index < -0.39 is 5.60 Å². The average molecular weight is 405 g/mol. The standard InChI is InChI=1S/C27H29ClO/c1-2-3-7-20-26(21-22-28)29-27(23-14-8-4-9-15-23,24-16-10-5-11-17-24)25-18-12-6-13-19-25/h4-6,8-19,21-22,26H,2-3,7,20H2,1H3. The van der Waals surface area contributed by atoms with Gasteiger partial charge in [-0.05, 0) is 29.2 Å². The van der Waals surface area contributed by atoms with Gasteiger partial charge in [0.15, 0.2) is 0 Å². The first kappa shape index (κ1) is 21.4. The lowest BCUT2D eigenvalue weighted by Gasteiger charge is -2.38. The van der Waals surface area contributed by atoms with Gasteiger partial charge in [-0.15, -0.1) is 0 Å². The molecule has 0 N–H and O–H groups in total. The second kappa shape index (κ2) is 11.0. The third kappa shape index (κ3) is 5.18. The van der Waals surface area contributed by atoms with E-state index in [0.29, 0.717) is 0 Å². The van der Waals surface area contributed by atoms with Crippen LogP contribution in [-0.2, 0) is 10.3 Å². The maximum Gasteiger partial charge on any atom is 0.144 e. The Bertz CT molecular complexity index is 762. The number of rotatable bonds is 10. The summed E-state index contributed by atoms with van der Waals surface area (Å²) >= 11 is 6.02. The fourth-order valence-electron chi connectivity index (χ4n) is 3.82. The molecule has 0 aromatic heterocycles. The first-order valence-electron chi connectivity index (χ1n) is 10.4. The lowest BCUT2D eigenvalue weighted by Crippen LogP contribution is -2.36. The van der Waals surface area contributed by atoms with Crippen LogP contribution in [0.15, 0.2) is 103 Å². The highest BCUT2D eigenvalue weighted by Crippen LogP contribution is 2.42. The summed E-state index contributed by atoms with van der Waals surface area (Å²) < 4.78 is 7.01. The molecule has 0 heterocycles. The molecule has 0 aliphatic carbocycles. The van der Waals surface area contributed by atoms with Gasteiger partial charge in [0.1, 0.15) is 5.60 Å². The van der Waals surface area contributed by atoms with Crippen LogP contribution in [0.25, 0.3) is 0 Å². The molecule has 0 fully saturated rings. The van der Waals surface area contributed by atoms with E-state index in [1.54, 1.807) is 5.54 Å². The van der Waals surface area contributed by atoms with Gasteiger partial charge in [0.25, 0.3) is 0 Å². The molecule has 0 saturated carbocycles. The van der Waals surface area contributed by atoms with Crippen molar-refractivity contribution >= 4 is 11.6 Å². The summed E-state index contributed by atoms with van der Waals surface area (Å²) in [5.41, 5.74) is 4.21. The fourth-order valence-corrected chi connectivity index (χ4v) is 3.98. The SMILES string of the molecule is CCCCCC(C=CCl)OC(c1ccccc1)(c1ccccc1)c1ccccc1. The topological polar surface area (TPSA) is 9.23 Å². The second-order valence-corrected chi connectivity index (χ2v) is 7.50. The number of ether oxygens (including phenoxy) is 1. The zero-order valence-electron chi connectivity index (χ0n) is 17.0. The van der Waals surface area contributed by atoms with Crippen LogP contribution in [0.3, 0.4) is 0 Å². The monoisotopic (exact) mass is 404 g/mol. The highest BCUT2D eigenvalue weighted by atomic mass is 35.5. The average Bonchev–Trinajstić information content (AvgIpc) is 2.79. The van der Waals surface area contributed by atoms with Crippen molar-refractivity contribution in [2.75, 3.05) is 0 Å². The summed E-state index contributed by atoms with van der Waals surface area (Å²) in [4.78, 5) is 0. The molecule has 3 aromatic rings. The van der Waals surface area contributed by atoms with Crippen LogP contribution in [0.5, 0.6) is 0 Å². The molecule has 2 heteroatoms. The normalized spacial score (nSPS) is 12.9. The molecule has 1 unspecified atom stereocenters. The minimum atomic E-state index is -0.711. The van der Waals surface area contributed by atoms with Gasteiger partial charge in [0.2, 0.25) is 0 Å². The van der Waals surface area contributed by atoms with Gasteiger partial charge in [-0.25, -0.2) is 0 Å². The Balaban J connectivity index is 2.16. The molecule has 1 nitrogen and oxygen atoms in total. The van der Waals surface area contributed by atoms with Crippen LogP contribution in [0, 0.1) is 0 Å². The van der Waals surface area contributed by atoms with Crippen LogP contribution in [0.2, 0.25) is 0 Å². The highest BCUT2D eigenvalue weighted by molar-refractivity contribution is 6.25. The molecular formula is C27H29ClO. The second-order valence-electron chi connectivity index (χ2n) is 7.25. The van der Waals surface area contributed by atoms with Crippen molar-refractivity contribution in [1.82, 2.24) is 0 Å². The van der Waals surface area contributed by atoms with Gasteiger partial charge < -0.3 is 4.74 Å². The van der Waals surface area contributed by atoms with Gasteiger partial charge in [0, 0.05) is 5.54 Å². The molecular weight excluding hydrogens is 376 g/mol. The van der Waals surface area contributed by atoms with Crippen LogP contribution in [0.1, 0.15) is 49.3 Å². The van der Waals surface area contributed by atoms with E-state index in [-0.39, 0.29) is 6.10 Å².